The molecule has 1 aromatic carbocycles. The Balaban J connectivity index is 2.27. The molecule has 2 nitrogen and oxygen atoms in total. The van der Waals surface area contributed by atoms with Gasteiger partial charge in [-0.3, -0.25) is 4.79 Å². The van der Waals surface area contributed by atoms with Gasteiger partial charge in [-0.15, -0.1) is 0 Å². The summed E-state index contributed by atoms with van der Waals surface area (Å²) in [6, 6.07) is 2.55. The van der Waals surface area contributed by atoms with Crippen molar-refractivity contribution in [3.63, 3.8) is 0 Å². The summed E-state index contributed by atoms with van der Waals surface area (Å²) in [6.07, 6.45) is -0.343. The molecular formula is C12H11BrF3NO. The lowest BCUT2D eigenvalue weighted by Crippen LogP contribution is -2.31. The average Bonchev–Trinajstić information content (AvgIpc) is 2.63. The molecule has 0 atom stereocenters. The molecule has 6 heteroatoms. The molecule has 1 aromatic rings. The molecule has 0 saturated carbocycles. The number of benzene rings is 1. The summed E-state index contributed by atoms with van der Waals surface area (Å²) < 4.78 is 39.9. The minimum Gasteiger partial charge on any atom is -0.332 e. The molecule has 0 radical (unpaired) electrons. The van der Waals surface area contributed by atoms with Gasteiger partial charge in [0.2, 0.25) is 0 Å². The van der Waals surface area contributed by atoms with E-state index in [0.717, 1.165) is 11.0 Å². The third-order valence-corrected chi connectivity index (χ3v) is 3.59. The number of nitrogens with zero attached hydrogens (tertiary/aromatic N) is 1. The number of carbonyl (C=O) groups excluding carboxylic acids is 1. The van der Waals surface area contributed by atoms with Crippen LogP contribution in [0.1, 0.15) is 22.3 Å². The predicted octanol–water partition coefficient (Wildman–Crippen LogP) is 3.38. The molecule has 0 spiro atoms. The lowest BCUT2D eigenvalue weighted by Gasteiger charge is -2.17. The zero-order valence-corrected chi connectivity index (χ0v) is 11.2. The molecule has 2 rings (SSSR count). The molecular weight excluding hydrogens is 311 g/mol. The summed E-state index contributed by atoms with van der Waals surface area (Å²) in [6.45, 7) is 0.958. The molecule has 0 aliphatic carbocycles. The third kappa shape index (κ3) is 2.53. The van der Waals surface area contributed by atoms with Crippen LogP contribution in [0, 0.1) is 12.7 Å². The molecule has 1 amide bonds. The molecule has 0 bridgehead atoms. The van der Waals surface area contributed by atoms with Crippen LogP contribution >= 0.6 is 15.9 Å². The van der Waals surface area contributed by atoms with Crippen molar-refractivity contribution in [3.05, 3.63) is 33.5 Å². The quantitative estimate of drug-likeness (QED) is 0.776. The van der Waals surface area contributed by atoms with Gasteiger partial charge in [0.15, 0.2) is 0 Å². The van der Waals surface area contributed by atoms with E-state index in [2.05, 4.69) is 15.9 Å². The fourth-order valence-corrected chi connectivity index (χ4v) is 2.52. The van der Waals surface area contributed by atoms with Gasteiger partial charge >= 0.3 is 0 Å². The Morgan fingerprint density at radius 1 is 1.44 bits per heavy atom. The number of alkyl halides is 2. The van der Waals surface area contributed by atoms with Crippen molar-refractivity contribution >= 4 is 21.8 Å². The number of hydrogen-bond donors (Lipinski definition) is 0. The Kier molecular flexibility index (Phi) is 3.40. The Hall–Kier alpha value is -1.04. The van der Waals surface area contributed by atoms with E-state index in [9.17, 15) is 18.0 Å². The Labute approximate surface area is 111 Å². The average molecular weight is 322 g/mol. The number of aryl methyl sites for hydroxylation is 1. The first kappa shape index (κ1) is 13.4. The zero-order valence-electron chi connectivity index (χ0n) is 9.64. The van der Waals surface area contributed by atoms with Gasteiger partial charge in [0.25, 0.3) is 11.8 Å². The molecule has 1 saturated heterocycles. The summed E-state index contributed by atoms with van der Waals surface area (Å²) in [7, 11) is 0. The molecule has 1 heterocycles. The fraction of sp³-hybridized carbons (Fsp3) is 0.417. The number of rotatable bonds is 1. The highest BCUT2D eigenvalue weighted by molar-refractivity contribution is 9.10. The number of carbonyl (C=O) groups is 1. The second kappa shape index (κ2) is 4.57. The van der Waals surface area contributed by atoms with Gasteiger partial charge in [-0.05, 0) is 40.5 Å². The van der Waals surface area contributed by atoms with Gasteiger partial charge < -0.3 is 4.90 Å². The topological polar surface area (TPSA) is 20.3 Å². The molecule has 0 aromatic heterocycles. The minimum absolute atomic E-state index is 0.00618. The number of hydrogen-bond acceptors (Lipinski definition) is 1. The smallest absolute Gasteiger partial charge is 0.267 e. The third-order valence-electron chi connectivity index (χ3n) is 2.94. The SMILES string of the molecule is Cc1cc(Br)c(C(=O)N2CCC(F)(F)C2)cc1F. The predicted molar refractivity (Wildman–Crippen MR) is 64.3 cm³/mol. The van der Waals surface area contributed by atoms with Crippen LogP contribution in [-0.2, 0) is 0 Å². The van der Waals surface area contributed by atoms with Crippen LogP contribution in [0.5, 0.6) is 0 Å². The van der Waals surface area contributed by atoms with E-state index in [1.54, 1.807) is 6.92 Å². The van der Waals surface area contributed by atoms with Crippen LogP contribution in [-0.4, -0.2) is 29.8 Å². The van der Waals surface area contributed by atoms with Gasteiger partial charge in [-0.2, -0.15) is 0 Å². The van der Waals surface area contributed by atoms with Gasteiger partial charge in [0, 0.05) is 17.4 Å². The van der Waals surface area contributed by atoms with Crippen molar-refractivity contribution in [1.82, 2.24) is 4.90 Å². The summed E-state index contributed by atoms with van der Waals surface area (Å²) in [5.74, 6) is -3.93. The van der Waals surface area contributed by atoms with Crippen molar-refractivity contribution in [1.29, 1.82) is 0 Å². The Morgan fingerprint density at radius 3 is 2.67 bits per heavy atom. The zero-order chi connectivity index (χ0) is 13.5. The van der Waals surface area contributed by atoms with Crippen LogP contribution in [0.2, 0.25) is 0 Å². The molecule has 0 unspecified atom stereocenters. The standard InChI is InChI=1S/C12H11BrF3NO/c1-7-4-9(13)8(5-10(7)14)11(18)17-3-2-12(15,16)6-17/h4-5H,2-3,6H2,1H3. The van der Waals surface area contributed by atoms with E-state index in [4.69, 9.17) is 0 Å². The van der Waals surface area contributed by atoms with Gasteiger partial charge in [0.1, 0.15) is 5.82 Å². The van der Waals surface area contributed by atoms with E-state index in [-0.39, 0.29) is 18.5 Å². The molecule has 0 N–H and O–H groups in total. The summed E-state index contributed by atoms with van der Waals surface area (Å²) >= 11 is 3.16. The van der Waals surface area contributed by atoms with Crippen LogP contribution in [0.4, 0.5) is 13.2 Å². The van der Waals surface area contributed by atoms with Crippen LogP contribution in [0.15, 0.2) is 16.6 Å². The maximum Gasteiger partial charge on any atom is 0.267 e. The van der Waals surface area contributed by atoms with E-state index >= 15 is 0 Å². The lowest BCUT2D eigenvalue weighted by atomic mass is 10.1. The summed E-state index contributed by atoms with van der Waals surface area (Å²) in [5.41, 5.74) is 0.473. The molecule has 1 aliphatic heterocycles. The number of halogens is 4. The first-order valence-corrected chi connectivity index (χ1v) is 6.22. The number of amides is 1. The van der Waals surface area contributed by atoms with Gasteiger partial charge in [0.05, 0.1) is 12.1 Å². The van der Waals surface area contributed by atoms with Crippen molar-refractivity contribution in [3.8, 4) is 0 Å². The van der Waals surface area contributed by atoms with Crippen LogP contribution < -0.4 is 0 Å². The van der Waals surface area contributed by atoms with Gasteiger partial charge in [-0.1, -0.05) is 0 Å². The second-order valence-electron chi connectivity index (χ2n) is 4.41. The van der Waals surface area contributed by atoms with Crippen molar-refractivity contribution < 1.29 is 18.0 Å². The lowest BCUT2D eigenvalue weighted by molar-refractivity contribution is 0.0120. The largest absolute Gasteiger partial charge is 0.332 e. The molecule has 1 aliphatic rings. The molecule has 18 heavy (non-hydrogen) atoms. The highest BCUT2D eigenvalue weighted by atomic mass is 79.9. The minimum atomic E-state index is -2.84. The van der Waals surface area contributed by atoms with Crippen molar-refractivity contribution in [2.24, 2.45) is 0 Å². The monoisotopic (exact) mass is 321 g/mol. The van der Waals surface area contributed by atoms with Crippen molar-refractivity contribution in [2.75, 3.05) is 13.1 Å². The maximum atomic E-state index is 13.4. The Morgan fingerprint density at radius 2 is 2.11 bits per heavy atom. The summed E-state index contributed by atoms with van der Waals surface area (Å²) in [4.78, 5) is 13.1. The van der Waals surface area contributed by atoms with Crippen LogP contribution in [0.3, 0.4) is 0 Å². The Bertz CT molecular complexity index is 504. The highest BCUT2D eigenvalue weighted by Gasteiger charge is 2.40. The fourth-order valence-electron chi connectivity index (χ4n) is 1.89. The van der Waals surface area contributed by atoms with E-state index in [1.165, 1.54) is 6.07 Å². The van der Waals surface area contributed by atoms with E-state index in [1.807, 2.05) is 0 Å². The van der Waals surface area contributed by atoms with E-state index in [0.29, 0.717) is 10.0 Å². The first-order valence-electron chi connectivity index (χ1n) is 5.43. The van der Waals surface area contributed by atoms with E-state index < -0.39 is 24.2 Å². The van der Waals surface area contributed by atoms with Crippen LogP contribution in [0.25, 0.3) is 0 Å². The normalized spacial score (nSPS) is 18.2. The first-order chi connectivity index (χ1) is 8.30. The number of likely N-dealkylation sites (tertiary alicyclic amines) is 1. The molecule has 1 fully saturated rings. The maximum absolute atomic E-state index is 13.4. The highest BCUT2D eigenvalue weighted by Crippen LogP contribution is 2.30. The second-order valence-corrected chi connectivity index (χ2v) is 5.27. The molecule has 98 valence electrons. The van der Waals surface area contributed by atoms with Crippen molar-refractivity contribution in [2.45, 2.75) is 19.3 Å². The van der Waals surface area contributed by atoms with Gasteiger partial charge in [-0.25, -0.2) is 13.2 Å². The summed E-state index contributed by atoms with van der Waals surface area (Å²) in [5, 5.41) is 0.